The summed E-state index contributed by atoms with van der Waals surface area (Å²) in [5, 5.41) is 7.21. The van der Waals surface area contributed by atoms with E-state index in [-0.39, 0.29) is 23.8 Å². The molecule has 0 bridgehead atoms. The Bertz CT molecular complexity index is 783. The fourth-order valence-corrected chi connectivity index (χ4v) is 3.48. The topological polar surface area (TPSA) is 80.1 Å². The van der Waals surface area contributed by atoms with Crippen LogP contribution >= 0.6 is 0 Å². The van der Waals surface area contributed by atoms with Crippen LogP contribution in [0.2, 0.25) is 0 Å². The standard InChI is InChI=1S/C19H25N5O2/c1-13-4-5-14(21-12-13)8-10-20-19(26)15-6-7-17(25)23(2)18(15)16-9-11-22-24(16)3/h4-5,9,11-12,15,18H,6-8,10H2,1-3H3,(H,20,26)/t15-,18-/m0/s1. The molecule has 1 fully saturated rings. The number of aromatic nitrogens is 3. The SMILES string of the molecule is Cc1ccc(CCNC(=O)[C@H]2CCC(=O)N(C)[C@@H]2c2ccnn2C)nc1. The van der Waals surface area contributed by atoms with Crippen molar-refractivity contribution in [2.45, 2.75) is 32.2 Å². The Balaban J connectivity index is 1.67. The first kappa shape index (κ1) is 18.1. The summed E-state index contributed by atoms with van der Waals surface area (Å²) in [5.74, 6) is -0.245. The van der Waals surface area contributed by atoms with Crippen LogP contribution in [-0.2, 0) is 23.1 Å². The molecule has 1 aliphatic heterocycles. The normalized spacial score (nSPS) is 20.3. The smallest absolute Gasteiger partial charge is 0.225 e. The third kappa shape index (κ3) is 3.76. The minimum absolute atomic E-state index is 0.0253. The van der Waals surface area contributed by atoms with Gasteiger partial charge in [0, 0.05) is 51.6 Å². The zero-order valence-electron chi connectivity index (χ0n) is 15.5. The maximum Gasteiger partial charge on any atom is 0.225 e. The first-order valence-corrected chi connectivity index (χ1v) is 8.90. The number of carbonyl (C=O) groups is 2. The van der Waals surface area contributed by atoms with Gasteiger partial charge < -0.3 is 10.2 Å². The molecule has 2 aromatic rings. The van der Waals surface area contributed by atoms with Crippen molar-refractivity contribution in [3.05, 3.63) is 47.5 Å². The molecule has 2 aromatic heterocycles. The molecule has 3 rings (SSSR count). The van der Waals surface area contributed by atoms with E-state index in [0.717, 1.165) is 17.0 Å². The van der Waals surface area contributed by atoms with Crippen molar-refractivity contribution < 1.29 is 9.59 Å². The first-order valence-electron chi connectivity index (χ1n) is 8.90. The van der Waals surface area contributed by atoms with E-state index in [1.807, 2.05) is 38.4 Å². The largest absolute Gasteiger partial charge is 0.355 e. The third-order valence-electron chi connectivity index (χ3n) is 5.01. The van der Waals surface area contributed by atoms with Gasteiger partial charge in [-0.2, -0.15) is 5.10 Å². The van der Waals surface area contributed by atoms with Crippen molar-refractivity contribution >= 4 is 11.8 Å². The molecule has 0 aliphatic carbocycles. The molecule has 0 spiro atoms. The second-order valence-corrected chi connectivity index (χ2v) is 6.84. The van der Waals surface area contributed by atoms with E-state index in [1.54, 1.807) is 22.8 Å². The predicted octanol–water partition coefficient (Wildman–Crippen LogP) is 1.39. The summed E-state index contributed by atoms with van der Waals surface area (Å²) >= 11 is 0. The lowest BCUT2D eigenvalue weighted by Gasteiger charge is -2.38. The van der Waals surface area contributed by atoms with E-state index in [9.17, 15) is 9.59 Å². The van der Waals surface area contributed by atoms with Crippen molar-refractivity contribution in [1.82, 2.24) is 25.0 Å². The number of hydrogen-bond donors (Lipinski definition) is 1. The number of hydrogen-bond acceptors (Lipinski definition) is 4. The Morgan fingerprint density at radius 2 is 2.12 bits per heavy atom. The van der Waals surface area contributed by atoms with Crippen molar-refractivity contribution in [2.75, 3.05) is 13.6 Å². The number of piperidine rings is 1. The molecular weight excluding hydrogens is 330 g/mol. The Labute approximate surface area is 153 Å². The predicted molar refractivity (Wildman–Crippen MR) is 97.1 cm³/mol. The quantitative estimate of drug-likeness (QED) is 0.879. The molecule has 1 N–H and O–H groups in total. The molecule has 0 saturated carbocycles. The highest BCUT2D eigenvalue weighted by molar-refractivity contribution is 5.84. The average molecular weight is 355 g/mol. The van der Waals surface area contributed by atoms with Crippen molar-refractivity contribution in [1.29, 1.82) is 0 Å². The zero-order valence-corrected chi connectivity index (χ0v) is 15.5. The highest BCUT2D eigenvalue weighted by atomic mass is 16.2. The highest BCUT2D eigenvalue weighted by Gasteiger charge is 2.40. The molecule has 7 nitrogen and oxygen atoms in total. The lowest BCUT2D eigenvalue weighted by Crippen LogP contribution is -2.47. The van der Waals surface area contributed by atoms with Gasteiger partial charge in [-0.25, -0.2) is 0 Å². The van der Waals surface area contributed by atoms with Crippen LogP contribution in [0.5, 0.6) is 0 Å². The van der Waals surface area contributed by atoms with E-state index in [1.165, 1.54) is 0 Å². The second-order valence-electron chi connectivity index (χ2n) is 6.84. The Morgan fingerprint density at radius 3 is 2.77 bits per heavy atom. The van der Waals surface area contributed by atoms with Crippen LogP contribution in [0, 0.1) is 12.8 Å². The molecule has 2 atom stereocenters. The Morgan fingerprint density at radius 1 is 1.31 bits per heavy atom. The third-order valence-corrected chi connectivity index (χ3v) is 5.01. The van der Waals surface area contributed by atoms with E-state index >= 15 is 0 Å². The van der Waals surface area contributed by atoms with Crippen LogP contribution in [0.3, 0.4) is 0 Å². The van der Waals surface area contributed by atoms with E-state index < -0.39 is 0 Å². The van der Waals surface area contributed by atoms with Gasteiger partial charge in [-0.05, 0) is 31.0 Å². The molecule has 138 valence electrons. The number of nitrogens with zero attached hydrogens (tertiary/aromatic N) is 4. The van der Waals surface area contributed by atoms with Crippen molar-refractivity contribution in [3.8, 4) is 0 Å². The van der Waals surface area contributed by atoms with Gasteiger partial charge >= 0.3 is 0 Å². The zero-order chi connectivity index (χ0) is 18.7. The number of pyridine rings is 1. The number of rotatable bonds is 5. The van der Waals surface area contributed by atoms with Crippen LogP contribution in [0.4, 0.5) is 0 Å². The summed E-state index contributed by atoms with van der Waals surface area (Å²) < 4.78 is 1.73. The molecule has 26 heavy (non-hydrogen) atoms. The first-order chi connectivity index (χ1) is 12.5. The lowest BCUT2D eigenvalue weighted by atomic mass is 9.86. The van der Waals surface area contributed by atoms with Gasteiger partial charge in [-0.3, -0.25) is 19.3 Å². The van der Waals surface area contributed by atoms with Crippen LogP contribution in [0.25, 0.3) is 0 Å². The van der Waals surface area contributed by atoms with Gasteiger partial charge in [-0.15, -0.1) is 0 Å². The van der Waals surface area contributed by atoms with Crippen LogP contribution in [-0.4, -0.2) is 45.1 Å². The molecular formula is C19H25N5O2. The summed E-state index contributed by atoms with van der Waals surface area (Å²) in [7, 11) is 3.59. The molecule has 1 aliphatic rings. The van der Waals surface area contributed by atoms with Gasteiger partial charge in [-0.1, -0.05) is 6.07 Å². The molecule has 0 aromatic carbocycles. The maximum absolute atomic E-state index is 12.8. The summed E-state index contributed by atoms with van der Waals surface area (Å²) in [6, 6.07) is 5.58. The minimum atomic E-state index is -0.291. The van der Waals surface area contributed by atoms with Crippen LogP contribution in [0.1, 0.15) is 35.8 Å². The van der Waals surface area contributed by atoms with Gasteiger partial charge in [0.1, 0.15) is 0 Å². The molecule has 3 heterocycles. The van der Waals surface area contributed by atoms with Crippen molar-refractivity contribution in [3.63, 3.8) is 0 Å². The van der Waals surface area contributed by atoms with Crippen molar-refractivity contribution in [2.24, 2.45) is 13.0 Å². The van der Waals surface area contributed by atoms with Crippen LogP contribution in [0.15, 0.2) is 30.6 Å². The summed E-state index contributed by atoms with van der Waals surface area (Å²) in [6.45, 7) is 2.53. The summed E-state index contributed by atoms with van der Waals surface area (Å²) in [4.78, 5) is 31.0. The number of nitrogens with one attached hydrogen (secondary N) is 1. The van der Waals surface area contributed by atoms with Gasteiger partial charge in [0.25, 0.3) is 0 Å². The fourth-order valence-electron chi connectivity index (χ4n) is 3.48. The molecule has 0 unspecified atom stereocenters. The van der Waals surface area contributed by atoms with E-state index in [0.29, 0.717) is 25.8 Å². The molecule has 2 amide bonds. The Kier molecular flexibility index (Phi) is 5.35. The average Bonchev–Trinajstić information content (AvgIpc) is 3.04. The van der Waals surface area contributed by atoms with Gasteiger partial charge in [0.15, 0.2) is 0 Å². The second kappa shape index (κ2) is 7.68. The highest BCUT2D eigenvalue weighted by Crippen LogP contribution is 2.35. The molecule has 1 saturated heterocycles. The number of amides is 2. The van der Waals surface area contributed by atoms with E-state index in [2.05, 4.69) is 15.4 Å². The molecule has 0 radical (unpaired) electrons. The van der Waals surface area contributed by atoms with Gasteiger partial charge in [0.2, 0.25) is 11.8 Å². The maximum atomic E-state index is 12.8. The van der Waals surface area contributed by atoms with E-state index in [4.69, 9.17) is 0 Å². The van der Waals surface area contributed by atoms with Gasteiger partial charge in [0.05, 0.1) is 17.7 Å². The summed E-state index contributed by atoms with van der Waals surface area (Å²) in [6.07, 6.45) is 5.15. The number of carbonyl (C=O) groups excluding carboxylic acids is 2. The number of likely N-dealkylation sites (tertiary alicyclic amines) is 1. The monoisotopic (exact) mass is 355 g/mol. The minimum Gasteiger partial charge on any atom is -0.355 e. The van der Waals surface area contributed by atoms with Crippen LogP contribution < -0.4 is 5.32 Å². The fraction of sp³-hybridized carbons (Fsp3) is 0.474. The Hall–Kier alpha value is -2.70. The lowest BCUT2D eigenvalue weighted by molar-refractivity contribution is -0.141. The summed E-state index contributed by atoms with van der Waals surface area (Å²) in [5.41, 5.74) is 2.95. The molecule has 7 heteroatoms. The number of aryl methyl sites for hydroxylation is 2.